The molecule has 6 N–H and O–H groups in total. The second kappa shape index (κ2) is 28.1. The first-order valence-electron chi connectivity index (χ1n) is 7.76. The largest absolute Gasteiger partial charge is 0.503 e. The molecule has 0 aliphatic rings. The summed E-state index contributed by atoms with van der Waals surface area (Å²) in [6, 6.07) is 0. The van der Waals surface area contributed by atoms with Gasteiger partial charge in [0.25, 0.3) is 0 Å². The Morgan fingerprint density at radius 1 is 0.731 bits per heavy atom. The second-order valence-electron chi connectivity index (χ2n) is 4.36. The molecule has 0 saturated heterocycles. The molecule has 0 spiro atoms. The van der Waals surface area contributed by atoms with Gasteiger partial charge in [0.1, 0.15) is 0 Å². The molecule has 2 atom stereocenters. The summed E-state index contributed by atoms with van der Waals surface area (Å²) in [6.07, 6.45) is -0.439. The van der Waals surface area contributed by atoms with Gasteiger partial charge >= 0.3 is 12.3 Å². The Hall–Kier alpha value is -1.70. The Morgan fingerprint density at radius 3 is 1.12 bits per heavy atom. The summed E-state index contributed by atoms with van der Waals surface area (Å²) in [5, 5.41) is 43.9. The molecule has 0 rings (SSSR count). The molecule has 0 saturated carbocycles. The van der Waals surface area contributed by atoms with Crippen LogP contribution in [-0.4, -0.2) is 69.0 Å². The Balaban J connectivity index is -0.000000134. The van der Waals surface area contributed by atoms with E-state index >= 15 is 0 Å². The number of hydrogen-bond acceptors (Lipinski definition) is 8. The first-order chi connectivity index (χ1) is 12.1. The first kappa shape index (κ1) is 32.0. The summed E-state index contributed by atoms with van der Waals surface area (Å²) in [7, 11) is 0. The van der Waals surface area contributed by atoms with Crippen molar-refractivity contribution in [1.82, 2.24) is 0 Å². The van der Waals surface area contributed by atoms with Crippen LogP contribution >= 0.6 is 0 Å². The van der Waals surface area contributed by atoms with Gasteiger partial charge in [0.15, 0.2) is 12.6 Å². The number of hydrogen-bond donors (Lipinski definition) is 6. The minimum atomic E-state index is -1.83. The van der Waals surface area contributed by atoms with Crippen LogP contribution in [0.5, 0.6) is 0 Å². The zero-order valence-electron chi connectivity index (χ0n) is 15.5. The lowest BCUT2D eigenvalue weighted by Crippen LogP contribution is -2.10. The predicted molar refractivity (Wildman–Crippen MR) is 89.4 cm³/mol. The van der Waals surface area contributed by atoms with E-state index in [9.17, 15) is 0 Å². The van der Waals surface area contributed by atoms with E-state index in [4.69, 9.17) is 50.0 Å². The third kappa shape index (κ3) is 66.9. The maximum atomic E-state index is 8.56. The van der Waals surface area contributed by atoms with Crippen LogP contribution in [-0.2, 0) is 19.2 Å². The van der Waals surface area contributed by atoms with Gasteiger partial charge < -0.3 is 29.9 Å². The van der Waals surface area contributed by atoms with Crippen LogP contribution in [0.2, 0.25) is 0 Å². The minimum Gasteiger partial charge on any atom is -0.450 e. The molecule has 2 unspecified atom stereocenters. The Kier molecular flexibility index (Phi) is 34.6. The minimum absolute atomic E-state index is 0.489. The van der Waals surface area contributed by atoms with Crippen molar-refractivity contribution < 1.29 is 59.8 Å². The van der Waals surface area contributed by atoms with Crippen LogP contribution in [0.15, 0.2) is 0 Å². The fraction of sp³-hybridized carbons (Fsp3) is 0.857. The monoisotopic (exact) mass is 392 g/mol. The molecular weight excluding hydrogens is 360 g/mol. The van der Waals surface area contributed by atoms with Gasteiger partial charge in [-0.05, 0) is 26.7 Å². The molecule has 0 aromatic heterocycles. The van der Waals surface area contributed by atoms with E-state index in [-0.39, 0.29) is 0 Å². The Bertz CT molecular complexity index is 251. The van der Waals surface area contributed by atoms with Crippen molar-refractivity contribution in [3.8, 4) is 0 Å². The van der Waals surface area contributed by atoms with Gasteiger partial charge in [0.05, 0.1) is 0 Å². The van der Waals surface area contributed by atoms with Crippen LogP contribution in [0.25, 0.3) is 0 Å². The normalized spacial score (nSPS) is 11.3. The predicted octanol–water partition coefficient (Wildman–Crippen LogP) is 3.72. The quantitative estimate of drug-likeness (QED) is 0.137. The fourth-order valence-electron chi connectivity index (χ4n) is 0.848. The standard InChI is InChI=1S/2C6H14O3.2CH2O3/c2*1-3-4-5-8-6(2)9-7;2*2-1(3)4/h2*6-7H,3-5H2,1-2H3;2*(H2,2,3,4). The molecule has 12 heteroatoms. The summed E-state index contributed by atoms with van der Waals surface area (Å²) in [5.74, 6) is 0. The van der Waals surface area contributed by atoms with E-state index in [1.54, 1.807) is 13.8 Å². The lowest BCUT2D eigenvalue weighted by atomic mass is 10.4. The van der Waals surface area contributed by atoms with Crippen molar-refractivity contribution in [2.24, 2.45) is 0 Å². The third-order valence-corrected chi connectivity index (χ3v) is 2.00. The van der Waals surface area contributed by atoms with E-state index in [1.807, 2.05) is 0 Å². The molecule has 0 bridgehead atoms. The zero-order chi connectivity index (χ0) is 21.4. The van der Waals surface area contributed by atoms with Crippen LogP contribution < -0.4 is 0 Å². The second-order valence-corrected chi connectivity index (χ2v) is 4.36. The summed E-state index contributed by atoms with van der Waals surface area (Å²) in [5.41, 5.74) is 0. The Morgan fingerprint density at radius 2 is 0.962 bits per heavy atom. The number of carboxylic acid groups (broad SMARTS) is 4. The van der Waals surface area contributed by atoms with Gasteiger partial charge in [-0.1, -0.05) is 26.7 Å². The summed E-state index contributed by atoms with van der Waals surface area (Å²) < 4.78 is 9.92. The highest BCUT2D eigenvalue weighted by Crippen LogP contribution is 1.94. The highest BCUT2D eigenvalue weighted by Gasteiger charge is 1.98. The average molecular weight is 392 g/mol. The molecule has 0 aliphatic carbocycles. The third-order valence-electron chi connectivity index (χ3n) is 2.00. The van der Waals surface area contributed by atoms with Gasteiger partial charge in [0, 0.05) is 13.2 Å². The molecule has 0 radical (unpaired) electrons. The molecule has 0 fully saturated rings. The molecule has 26 heavy (non-hydrogen) atoms. The summed E-state index contributed by atoms with van der Waals surface area (Å²) in [6.45, 7) is 8.75. The van der Waals surface area contributed by atoms with Crippen molar-refractivity contribution in [1.29, 1.82) is 0 Å². The molecule has 0 amide bonds. The topological polar surface area (TPSA) is 192 Å². The molecule has 160 valence electrons. The number of unbranched alkanes of at least 4 members (excludes halogenated alkanes) is 2. The summed E-state index contributed by atoms with van der Waals surface area (Å²) >= 11 is 0. The smallest absolute Gasteiger partial charge is 0.450 e. The number of rotatable bonds is 10. The summed E-state index contributed by atoms with van der Waals surface area (Å²) in [4.78, 5) is 24.9. The molecule has 0 aromatic rings. The SMILES string of the molecule is CCCCOC(C)OO.CCCCOC(C)OO.O=C(O)O.O=C(O)O. The maximum Gasteiger partial charge on any atom is 0.503 e. The number of carbonyl (C=O) groups is 2. The van der Waals surface area contributed by atoms with Crippen molar-refractivity contribution in [2.45, 2.75) is 66.0 Å². The fourth-order valence-corrected chi connectivity index (χ4v) is 0.848. The van der Waals surface area contributed by atoms with E-state index < -0.39 is 24.9 Å². The van der Waals surface area contributed by atoms with E-state index in [2.05, 4.69) is 23.6 Å². The van der Waals surface area contributed by atoms with Crippen molar-refractivity contribution >= 4 is 12.3 Å². The lowest BCUT2D eigenvalue weighted by Gasteiger charge is -2.07. The van der Waals surface area contributed by atoms with Crippen LogP contribution in [0.1, 0.15) is 53.4 Å². The lowest BCUT2D eigenvalue weighted by molar-refractivity contribution is -0.339. The molecular formula is C14H32O12. The van der Waals surface area contributed by atoms with Crippen LogP contribution in [0.3, 0.4) is 0 Å². The first-order valence-corrected chi connectivity index (χ1v) is 7.76. The van der Waals surface area contributed by atoms with Gasteiger partial charge in [0.2, 0.25) is 0 Å². The zero-order valence-corrected chi connectivity index (χ0v) is 15.5. The molecule has 12 nitrogen and oxygen atoms in total. The maximum absolute atomic E-state index is 8.56. The van der Waals surface area contributed by atoms with Gasteiger partial charge in [-0.2, -0.15) is 0 Å². The van der Waals surface area contributed by atoms with Crippen molar-refractivity contribution in [2.75, 3.05) is 13.2 Å². The van der Waals surface area contributed by atoms with Crippen molar-refractivity contribution in [3.63, 3.8) is 0 Å². The average Bonchev–Trinajstić information content (AvgIpc) is 2.54. The van der Waals surface area contributed by atoms with Crippen LogP contribution in [0.4, 0.5) is 9.59 Å². The Labute approximate surface area is 152 Å². The molecule has 0 aromatic carbocycles. The van der Waals surface area contributed by atoms with Gasteiger partial charge in [-0.3, -0.25) is 0 Å². The molecule has 0 heterocycles. The highest BCUT2D eigenvalue weighted by atomic mass is 17.1. The number of ether oxygens (including phenoxy) is 2. The highest BCUT2D eigenvalue weighted by molar-refractivity contribution is 5.53. The van der Waals surface area contributed by atoms with Gasteiger partial charge in [-0.25, -0.2) is 29.9 Å². The van der Waals surface area contributed by atoms with E-state index in [0.29, 0.717) is 13.2 Å². The van der Waals surface area contributed by atoms with Crippen LogP contribution in [0, 0.1) is 0 Å². The van der Waals surface area contributed by atoms with Crippen molar-refractivity contribution in [3.05, 3.63) is 0 Å². The van der Waals surface area contributed by atoms with Gasteiger partial charge in [-0.15, -0.1) is 0 Å². The van der Waals surface area contributed by atoms with E-state index in [1.165, 1.54) is 0 Å². The van der Waals surface area contributed by atoms with E-state index in [0.717, 1.165) is 25.7 Å². The molecule has 0 aliphatic heterocycles.